The molecule has 0 atom stereocenters. The van der Waals surface area contributed by atoms with E-state index in [2.05, 4.69) is 5.32 Å². The van der Waals surface area contributed by atoms with Crippen LogP contribution >= 0.6 is 0 Å². The molecule has 6 nitrogen and oxygen atoms in total. The lowest BCUT2D eigenvalue weighted by atomic mass is 10.1. The lowest BCUT2D eigenvalue weighted by Crippen LogP contribution is -2.41. The fourth-order valence-corrected chi connectivity index (χ4v) is 2.69. The Labute approximate surface area is 169 Å². The maximum atomic E-state index is 12.9. The number of nitrogens with one attached hydrogen (secondary N) is 1. The Balaban J connectivity index is 1.86. The second kappa shape index (κ2) is 10.9. The molecule has 29 heavy (non-hydrogen) atoms. The fraction of sp³-hybridized carbons (Fsp3) is 0.318. The van der Waals surface area contributed by atoms with Crippen LogP contribution in [-0.2, 0) is 25.5 Å². The number of aryl methyl sites for hydroxylation is 1. The summed E-state index contributed by atoms with van der Waals surface area (Å²) in [5.74, 6) is -1.75. The molecule has 2 amide bonds. The molecule has 7 heteroatoms. The smallest absolute Gasteiger partial charge is 0.310 e. The van der Waals surface area contributed by atoms with Crippen LogP contribution in [0.25, 0.3) is 0 Å². The van der Waals surface area contributed by atoms with Crippen molar-refractivity contribution in [2.75, 3.05) is 25.0 Å². The van der Waals surface area contributed by atoms with E-state index in [4.69, 9.17) is 4.74 Å². The highest BCUT2D eigenvalue weighted by molar-refractivity contribution is 5.95. The lowest BCUT2D eigenvalue weighted by molar-refractivity contribution is -0.151. The molecule has 0 bridgehead atoms. The van der Waals surface area contributed by atoms with Crippen LogP contribution < -0.4 is 5.32 Å². The highest BCUT2D eigenvalue weighted by atomic mass is 19.1. The summed E-state index contributed by atoms with van der Waals surface area (Å²) in [5.41, 5.74) is 2.20. The first kappa shape index (κ1) is 22.1. The minimum absolute atomic E-state index is 0.0604. The Kier molecular flexibility index (Phi) is 8.33. The summed E-state index contributed by atoms with van der Waals surface area (Å²) < 4.78 is 17.9. The molecule has 0 aliphatic rings. The quantitative estimate of drug-likeness (QED) is 0.657. The van der Waals surface area contributed by atoms with Crippen molar-refractivity contribution in [2.45, 2.75) is 26.7 Å². The van der Waals surface area contributed by atoms with Crippen molar-refractivity contribution in [3.8, 4) is 0 Å². The molecular formula is C22H25FN2O4. The average molecular weight is 400 g/mol. The maximum absolute atomic E-state index is 12.9. The molecule has 2 aromatic carbocycles. The van der Waals surface area contributed by atoms with Crippen molar-refractivity contribution in [3.63, 3.8) is 0 Å². The van der Waals surface area contributed by atoms with Gasteiger partial charge < -0.3 is 15.0 Å². The van der Waals surface area contributed by atoms with Gasteiger partial charge in [0.05, 0.1) is 13.0 Å². The SMILES string of the molecule is CCCN(CC(=O)Nc1ccccc1C)C(=O)COC(=O)Cc1ccc(F)cc1. The van der Waals surface area contributed by atoms with Crippen LogP contribution in [0.15, 0.2) is 48.5 Å². The van der Waals surface area contributed by atoms with Crippen molar-refractivity contribution >= 4 is 23.5 Å². The van der Waals surface area contributed by atoms with Crippen molar-refractivity contribution in [2.24, 2.45) is 0 Å². The van der Waals surface area contributed by atoms with Crippen LogP contribution in [0.5, 0.6) is 0 Å². The van der Waals surface area contributed by atoms with E-state index in [-0.39, 0.29) is 18.9 Å². The summed E-state index contributed by atoms with van der Waals surface area (Å²) in [6.45, 7) is 3.56. The van der Waals surface area contributed by atoms with E-state index in [1.807, 2.05) is 32.0 Å². The van der Waals surface area contributed by atoms with Crippen LogP contribution in [0.2, 0.25) is 0 Å². The van der Waals surface area contributed by atoms with Crippen molar-refractivity contribution in [1.82, 2.24) is 4.90 Å². The standard InChI is InChI=1S/C22H25FN2O4/c1-3-12-25(14-20(26)24-19-7-5-4-6-16(19)2)21(27)15-29-22(28)13-17-8-10-18(23)11-9-17/h4-11H,3,12-15H2,1-2H3,(H,24,26). The number of hydrogen-bond donors (Lipinski definition) is 1. The summed E-state index contributed by atoms with van der Waals surface area (Å²) in [6, 6.07) is 12.8. The third kappa shape index (κ3) is 7.37. The predicted octanol–water partition coefficient (Wildman–Crippen LogP) is 3.10. The molecular weight excluding hydrogens is 375 g/mol. The zero-order valence-corrected chi connectivity index (χ0v) is 16.6. The molecule has 0 aliphatic carbocycles. The summed E-state index contributed by atoms with van der Waals surface area (Å²) in [7, 11) is 0. The van der Waals surface area contributed by atoms with Crippen LogP contribution in [0, 0.1) is 12.7 Å². The summed E-state index contributed by atoms with van der Waals surface area (Å²) in [4.78, 5) is 38.0. The van der Waals surface area contributed by atoms with E-state index in [1.165, 1.54) is 29.2 Å². The van der Waals surface area contributed by atoms with Gasteiger partial charge in [-0.1, -0.05) is 37.3 Å². The average Bonchev–Trinajstić information content (AvgIpc) is 2.69. The first-order valence-corrected chi connectivity index (χ1v) is 9.42. The largest absolute Gasteiger partial charge is 0.455 e. The Morgan fingerprint density at radius 1 is 1.07 bits per heavy atom. The van der Waals surface area contributed by atoms with E-state index in [1.54, 1.807) is 6.07 Å². The summed E-state index contributed by atoms with van der Waals surface area (Å²) >= 11 is 0. The normalized spacial score (nSPS) is 10.3. The number of halogens is 1. The van der Waals surface area contributed by atoms with Gasteiger partial charge in [-0.3, -0.25) is 14.4 Å². The first-order chi connectivity index (χ1) is 13.9. The monoisotopic (exact) mass is 400 g/mol. The molecule has 1 N–H and O–H groups in total. The number of para-hydroxylation sites is 1. The molecule has 0 fully saturated rings. The number of anilines is 1. The van der Waals surface area contributed by atoms with Gasteiger partial charge in [-0.2, -0.15) is 0 Å². The lowest BCUT2D eigenvalue weighted by Gasteiger charge is -2.21. The second-order valence-corrected chi connectivity index (χ2v) is 6.64. The van der Waals surface area contributed by atoms with E-state index >= 15 is 0 Å². The molecule has 0 aromatic heterocycles. The Hall–Kier alpha value is -3.22. The number of carbonyl (C=O) groups is 3. The van der Waals surface area contributed by atoms with Crippen molar-refractivity contribution in [3.05, 3.63) is 65.5 Å². The molecule has 0 heterocycles. The number of benzene rings is 2. The van der Waals surface area contributed by atoms with Gasteiger partial charge in [-0.25, -0.2) is 4.39 Å². The molecule has 154 valence electrons. The van der Waals surface area contributed by atoms with Crippen molar-refractivity contribution in [1.29, 1.82) is 0 Å². The number of amides is 2. The Bertz CT molecular complexity index is 852. The van der Waals surface area contributed by atoms with Crippen LogP contribution in [0.3, 0.4) is 0 Å². The molecule has 0 radical (unpaired) electrons. The molecule has 0 saturated heterocycles. The molecule has 2 aromatic rings. The minimum atomic E-state index is -0.592. The van der Waals surface area contributed by atoms with Crippen LogP contribution in [0.4, 0.5) is 10.1 Å². The number of ether oxygens (including phenoxy) is 1. The topological polar surface area (TPSA) is 75.7 Å². The van der Waals surface area contributed by atoms with E-state index < -0.39 is 24.3 Å². The van der Waals surface area contributed by atoms with Gasteiger partial charge in [0, 0.05) is 12.2 Å². The number of nitrogens with zero attached hydrogens (tertiary/aromatic N) is 1. The fourth-order valence-electron chi connectivity index (χ4n) is 2.69. The van der Waals surface area contributed by atoms with Crippen LogP contribution in [-0.4, -0.2) is 42.4 Å². The zero-order valence-electron chi connectivity index (χ0n) is 16.6. The zero-order chi connectivity index (χ0) is 21.2. The molecule has 0 saturated carbocycles. The second-order valence-electron chi connectivity index (χ2n) is 6.64. The van der Waals surface area contributed by atoms with Gasteiger partial charge in [0.25, 0.3) is 5.91 Å². The summed E-state index contributed by atoms with van der Waals surface area (Å²) in [5, 5.41) is 2.78. The van der Waals surface area contributed by atoms with E-state index in [0.717, 1.165) is 5.56 Å². The van der Waals surface area contributed by atoms with Crippen molar-refractivity contribution < 1.29 is 23.5 Å². The van der Waals surface area contributed by atoms with E-state index in [9.17, 15) is 18.8 Å². The maximum Gasteiger partial charge on any atom is 0.310 e. The summed E-state index contributed by atoms with van der Waals surface area (Å²) in [6.07, 6.45) is 0.599. The molecule has 0 aliphatic heterocycles. The first-order valence-electron chi connectivity index (χ1n) is 9.42. The minimum Gasteiger partial charge on any atom is -0.455 e. The van der Waals surface area contributed by atoms with Gasteiger partial charge in [-0.15, -0.1) is 0 Å². The Morgan fingerprint density at radius 2 is 1.76 bits per heavy atom. The number of hydrogen-bond acceptors (Lipinski definition) is 4. The molecule has 0 unspecified atom stereocenters. The van der Waals surface area contributed by atoms with Gasteiger partial charge in [0.15, 0.2) is 6.61 Å². The van der Waals surface area contributed by atoms with Gasteiger partial charge in [-0.05, 0) is 42.7 Å². The number of esters is 1. The van der Waals surface area contributed by atoms with Gasteiger partial charge in [0.2, 0.25) is 5.91 Å². The highest BCUT2D eigenvalue weighted by Crippen LogP contribution is 2.13. The van der Waals surface area contributed by atoms with Crippen LogP contribution in [0.1, 0.15) is 24.5 Å². The molecule has 2 rings (SSSR count). The Morgan fingerprint density at radius 3 is 2.41 bits per heavy atom. The highest BCUT2D eigenvalue weighted by Gasteiger charge is 2.18. The predicted molar refractivity (Wildman–Crippen MR) is 108 cm³/mol. The molecule has 0 spiro atoms. The van der Waals surface area contributed by atoms with E-state index in [0.29, 0.717) is 24.2 Å². The number of rotatable bonds is 9. The third-order valence-electron chi connectivity index (χ3n) is 4.22. The number of carbonyl (C=O) groups excluding carboxylic acids is 3. The van der Waals surface area contributed by atoms with Gasteiger partial charge >= 0.3 is 5.97 Å². The van der Waals surface area contributed by atoms with Gasteiger partial charge in [0.1, 0.15) is 5.82 Å². The third-order valence-corrected chi connectivity index (χ3v) is 4.22.